The lowest BCUT2D eigenvalue weighted by Crippen LogP contribution is -2.18. The average Bonchev–Trinajstić information content (AvgIpc) is 3.39. The third-order valence-electron chi connectivity index (χ3n) is 4.84. The van der Waals surface area contributed by atoms with Gasteiger partial charge in [0.2, 0.25) is 5.76 Å². The zero-order valence-electron chi connectivity index (χ0n) is 16.8. The van der Waals surface area contributed by atoms with E-state index in [1.54, 1.807) is 12.3 Å². The third-order valence-corrected chi connectivity index (χ3v) is 4.84. The second-order valence-electron chi connectivity index (χ2n) is 7.08. The van der Waals surface area contributed by atoms with Crippen LogP contribution in [0.4, 0.5) is 13.2 Å². The SMILES string of the molecule is O=C(N/N=C\c1cn(Cc2ccc(C(=O)O)o2)c2ccccc12)c1cccc(C(F)(F)F)c1. The van der Waals surface area contributed by atoms with Crippen LogP contribution in [0.1, 0.15) is 37.8 Å². The number of fused-ring (bicyclic) bond motifs is 1. The zero-order valence-corrected chi connectivity index (χ0v) is 16.8. The van der Waals surface area contributed by atoms with Gasteiger partial charge in [-0.15, -0.1) is 0 Å². The summed E-state index contributed by atoms with van der Waals surface area (Å²) in [6.45, 7) is 0.262. The van der Waals surface area contributed by atoms with Crippen LogP contribution in [-0.4, -0.2) is 27.8 Å². The molecule has 0 radical (unpaired) electrons. The van der Waals surface area contributed by atoms with Crippen LogP contribution in [0.2, 0.25) is 0 Å². The van der Waals surface area contributed by atoms with Crippen molar-refractivity contribution in [3.8, 4) is 0 Å². The number of nitrogens with zero attached hydrogens (tertiary/aromatic N) is 2. The van der Waals surface area contributed by atoms with E-state index in [2.05, 4.69) is 10.5 Å². The number of nitrogens with one attached hydrogen (secondary N) is 1. The second-order valence-corrected chi connectivity index (χ2v) is 7.08. The molecule has 0 atom stereocenters. The first-order chi connectivity index (χ1) is 15.7. The molecule has 0 saturated carbocycles. The molecule has 2 N–H and O–H groups in total. The van der Waals surface area contributed by atoms with Crippen molar-refractivity contribution in [3.63, 3.8) is 0 Å². The highest BCUT2D eigenvalue weighted by Gasteiger charge is 2.30. The van der Waals surface area contributed by atoms with Crippen molar-refractivity contribution >= 4 is 29.0 Å². The Morgan fingerprint density at radius 3 is 2.61 bits per heavy atom. The number of para-hydroxylation sites is 1. The molecule has 1 amide bonds. The van der Waals surface area contributed by atoms with E-state index in [0.29, 0.717) is 11.3 Å². The minimum atomic E-state index is -4.55. The number of carbonyl (C=O) groups is 2. The van der Waals surface area contributed by atoms with Crippen LogP contribution in [0.25, 0.3) is 10.9 Å². The molecule has 0 spiro atoms. The summed E-state index contributed by atoms with van der Waals surface area (Å²) < 4.78 is 45.7. The van der Waals surface area contributed by atoms with E-state index < -0.39 is 23.6 Å². The molecule has 2 aromatic heterocycles. The first-order valence-corrected chi connectivity index (χ1v) is 9.63. The summed E-state index contributed by atoms with van der Waals surface area (Å²) in [5.41, 5.74) is 2.60. The molecule has 2 heterocycles. The van der Waals surface area contributed by atoms with Crippen molar-refractivity contribution in [1.29, 1.82) is 0 Å². The number of aromatic carboxylic acids is 1. The third kappa shape index (κ3) is 4.79. The van der Waals surface area contributed by atoms with Gasteiger partial charge in [-0.1, -0.05) is 24.3 Å². The topological polar surface area (TPSA) is 96.8 Å². The minimum absolute atomic E-state index is 0.166. The standard InChI is InChI=1S/C23H16F3N3O4/c24-23(25,26)16-5-3-4-14(10-16)21(30)28-27-11-15-12-29(19-7-2-1-6-18(15)19)13-17-8-9-20(33-17)22(31)32/h1-12H,13H2,(H,28,30)(H,31,32)/b27-11-. The Labute approximate surface area is 184 Å². The van der Waals surface area contributed by atoms with E-state index in [4.69, 9.17) is 9.52 Å². The smallest absolute Gasteiger partial charge is 0.416 e. The van der Waals surface area contributed by atoms with Crippen molar-refractivity contribution in [3.05, 3.63) is 95.1 Å². The lowest BCUT2D eigenvalue weighted by atomic mass is 10.1. The van der Waals surface area contributed by atoms with E-state index in [-0.39, 0.29) is 17.9 Å². The number of amides is 1. The summed E-state index contributed by atoms with van der Waals surface area (Å²) in [5, 5.41) is 13.7. The molecule has 2 aromatic carbocycles. The predicted octanol–water partition coefficient (Wildman–Crippen LogP) is 4.76. The van der Waals surface area contributed by atoms with Gasteiger partial charge in [-0.25, -0.2) is 10.2 Å². The highest BCUT2D eigenvalue weighted by molar-refractivity contribution is 6.00. The van der Waals surface area contributed by atoms with Gasteiger partial charge >= 0.3 is 12.1 Å². The summed E-state index contributed by atoms with van der Waals surface area (Å²) in [6, 6.07) is 14.3. The van der Waals surface area contributed by atoms with E-state index in [1.807, 2.05) is 28.8 Å². The molecular formula is C23H16F3N3O4. The molecule has 33 heavy (non-hydrogen) atoms. The first kappa shape index (κ1) is 21.9. The maximum atomic E-state index is 12.9. The van der Waals surface area contributed by atoms with Crippen molar-refractivity contribution in [1.82, 2.24) is 9.99 Å². The number of aromatic nitrogens is 1. The zero-order chi connectivity index (χ0) is 23.6. The van der Waals surface area contributed by atoms with Gasteiger partial charge in [0.15, 0.2) is 0 Å². The molecule has 4 rings (SSSR count). The monoisotopic (exact) mass is 455 g/mol. The molecule has 4 aromatic rings. The van der Waals surface area contributed by atoms with Crippen LogP contribution >= 0.6 is 0 Å². The molecule has 0 aliphatic rings. The Morgan fingerprint density at radius 1 is 1.09 bits per heavy atom. The Morgan fingerprint density at radius 2 is 1.88 bits per heavy atom. The van der Waals surface area contributed by atoms with Gasteiger partial charge in [0.25, 0.3) is 5.91 Å². The Bertz CT molecular complexity index is 1370. The Balaban J connectivity index is 1.54. The van der Waals surface area contributed by atoms with E-state index in [1.165, 1.54) is 18.3 Å². The highest BCUT2D eigenvalue weighted by Crippen LogP contribution is 2.29. The van der Waals surface area contributed by atoms with Crippen LogP contribution in [0.3, 0.4) is 0 Å². The van der Waals surface area contributed by atoms with Gasteiger partial charge in [-0.3, -0.25) is 4.79 Å². The molecule has 168 valence electrons. The number of carboxylic acid groups (broad SMARTS) is 1. The fraction of sp³-hybridized carbons (Fsp3) is 0.0870. The normalized spacial score (nSPS) is 11.8. The molecule has 10 heteroatoms. The number of carboxylic acids is 1. The number of furan rings is 1. The second kappa shape index (κ2) is 8.65. The number of rotatable bonds is 6. The van der Waals surface area contributed by atoms with Crippen LogP contribution < -0.4 is 5.43 Å². The number of benzene rings is 2. The van der Waals surface area contributed by atoms with Gasteiger partial charge in [0.1, 0.15) is 5.76 Å². The highest BCUT2D eigenvalue weighted by atomic mass is 19.4. The van der Waals surface area contributed by atoms with Crippen LogP contribution in [0.5, 0.6) is 0 Å². The maximum Gasteiger partial charge on any atom is 0.416 e. The molecule has 0 fully saturated rings. The quantitative estimate of drug-likeness (QED) is 0.324. The summed E-state index contributed by atoms with van der Waals surface area (Å²) in [5.74, 6) is -1.67. The number of hydrogen-bond donors (Lipinski definition) is 2. The van der Waals surface area contributed by atoms with Crippen LogP contribution in [0.15, 0.2) is 76.4 Å². The van der Waals surface area contributed by atoms with Crippen molar-refractivity contribution in [2.75, 3.05) is 0 Å². The number of alkyl halides is 3. The Hall–Kier alpha value is -4.34. The molecule has 0 bridgehead atoms. The van der Waals surface area contributed by atoms with E-state index in [9.17, 15) is 22.8 Å². The lowest BCUT2D eigenvalue weighted by Gasteiger charge is -2.07. The minimum Gasteiger partial charge on any atom is -0.475 e. The van der Waals surface area contributed by atoms with E-state index >= 15 is 0 Å². The van der Waals surface area contributed by atoms with Gasteiger partial charge in [-0.2, -0.15) is 18.3 Å². The number of hydrogen-bond acceptors (Lipinski definition) is 4. The van der Waals surface area contributed by atoms with Crippen molar-refractivity contribution in [2.24, 2.45) is 5.10 Å². The summed E-state index contributed by atoms with van der Waals surface area (Å²) in [6.07, 6.45) is -1.43. The largest absolute Gasteiger partial charge is 0.475 e. The Kier molecular flexibility index (Phi) is 5.74. The fourth-order valence-electron chi connectivity index (χ4n) is 3.32. The molecule has 0 unspecified atom stereocenters. The van der Waals surface area contributed by atoms with Gasteiger partial charge in [0, 0.05) is 28.2 Å². The van der Waals surface area contributed by atoms with Crippen LogP contribution in [-0.2, 0) is 12.7 Å². The number of carbonyl (C=O) groups excluding carboxylic acids is 1. The van der Waals surface area contributed by atoms with E-state index in [0.717, 1.165) is 29.1 Å². The van der Waals surface area contributed by atoms with Crippen LogP contribution in [0, 0.1) is 0 Å². The van der Waals surface area contributed by atoms with Gasteiger partial charge < -0.3 is 14.1 Å². The van der Waals surface area contributed by atoms with Crippen molar-refractivity contribution < 1.29 is 32.3 Å². The molecule has 0 saturated heterocycles. The summed E-state index contributed by atoms with van der Waals surface area (Å²) >= 11 is 0. The molecule has 0 aliphatic carbocycles. The fourth-order valence-corrected chi connectivity index (χ4v) is 3.32. The van der Waals surface area contributed by atoms with Gasteiger partial charge in [0.05, 0.1) is 18.3 Å². The molecular weight excluding hydrogens is 439 g/mol. The lowest BCUT2D eigenvalue weighted by molar-refractivity contribution is -0.137. The summed E-state index contributed by atoms with van der Waals surface area (Å²) in [7, 11) is 0. The molecule has 0 aliphatic heterocycles. The first-order valence-electron chi connectivity index (χ1n) is 9.63. The maximum absolute atomic E-state index is 12.9. The molecule has 7 nitrogen and oxygen atoms in total. The van der Waals surface area contributed by atoms with Gasteiger partial charge in [-0.05, 0) is 36.4 Å². The van der Waals surface area contributed by atoms with Crippen molar-refractivity contribution in [2.45, 2.75) is 12.7 Å². The number of hydrazone groups is 1. The predicted molar refractivity (Wildman–Crippen MR) is 113 cm³/mol. The summed E-state index contributed by atoms with van der Waals surface area (Å²) in [4.78, 5) is 23.2. The number of halogens is 3. The average molecular weight is 455 g/mol.